The Morgan fingerprint density at radius 1 is 0.765 bits per heavy atom. The Morgan fingerprint density at radius 2 is 1.35 bits per heavy atom. The average Bonchev–Trinajstić information content (AvgIpc) is 3.40. The zero-order chi connectivity index (χ0) is 36.4. The Morgan fingerprint density at radius 3 is 1.94 bits per heavy atom. The van der Waals surface area contributed by atoms with Gasteiger partial charge in [0.25, 0.3) is 5.91 Å². The van der Waals surface area contributed by atoms with Crippen LogP contribution in [0.1, 0.15) is 46.3 Å². The minimum absolute atomic E-state index is 0.0665. The predicted molar refractivity (Wildman–Crippen MR) is 178 cm³/mol. The molecule has 0 radical (unpaired) electrons. The molecule has 51 heavy (non-hydrogen) atoms. The van der Waals surface area contributed by atoms with Crippen LogP contribution in [-0.2, 0) is 30.0 Å². The monoisotopic (exact) mass is 730 g/mol. The predicted octanol–water partition coefficient (Wildman–Crippen LogP) is 8.53. The molecule has 0 unspecified atom stereocenters. The summed E-state index contributed by atoms with van der Waals surface area (Å²) in [5, 5.41) is 4.70. The fraction of sp³-hybridized carbons (Fsp3) is 0.297. The number of amides is 2. The molecule has 1 aliphatic heterocycles. The maximum absolute atomic E-state index is 13.7. The van der Waals surface area contributed by atoms with E-state index in [-0.39, 0.29) is 44.2 Å². The number of hydrogen-bond donors (Lipinski definition) is 2. The van der Waals surface area contributed by atoms with Gasteiger partial charge in [-0.1, -0.05) is 91.3 Å². The maximum Gasteiger partial charge on any atom is 0.416 e. The van der Waals surface area contributed by atoms with Crippen molar-refractivity contribution in [2.24, 2.45) is 0 Å². The van der Waals surface area contributed by atoms with E-state index >= 15 is 0 Å². The summed E-state index contributed by atoms with van der Waals surface area (Å²) in [5.41, 5.74) is 0.883. The van der Waals surface area contributed by atoms with Gasteiger partial charge in [0.05, 0.1) is 31.0 Å². The van der Waals surface area contributed by atoms with Crippen molar-refractivity contribution in [1.82, 2.24) is 10.6 Å². The number of rotatable bonds is 10. The highest BCUT2D eigenvalue weighted by atomic mass is 31.2. The molecular formula is C37H33F6N2O5P. The van der Waals surface area contributed by atoms with Crippen LogP contribution in [0.25, 0.3) is 22.3 Å². The lowest BCUT2D eigenvalue weighted by molar-refractivity contribution is -0.141. The number of fused-ring (bicyclic) bond motifs is 3. The number of nitrogens with one attached hydrogen (secondary N) is 2. The molecule has 4 aromatic rings. The molecule has 1 heterocycles. The van der Waals surface area contributed by atoms with Crippen molar-refractivity contribution in [3.63, 3.8) is 0 Å². The van der Waals surface area contributed by atoms with Gasteiger partial charge in [0.15, 0.2) is 0 Å². The minimum Gasteiger partial charge on any atom is -0.346 e. The van der Waals surface area contributed by atoms with Crippen molar-refractivity contribution in [2.45, 2.75) is 43.1 Å². The third-order valence-electron chi connectivity index (χ3n) is 9.09. The van der Waals surface area contributed by atoms with Crippen LogP contribution in [0.3, 0.4) is 0 Å². The molecule has 0 bridgehead atoms. The molecule has 2 amide bonds. The number of halogens is 6. The number of hydrogen-bond acceptors (Lipinski definition) is 5. The first-order valence-electron chi connectivity index (χ1n) is 16.2. The molecule has 1 aliphatic carbocycles. The maximum atomic E-state index is 13.7. The van der Waals surface area contributed by atoms with Gasteiger partial charge < -0.3 is 19.7 Å². The van der Waals surface area contributed by atoms with Crippen LogP contribution >= 0.6 is 7.60 Å². The van der Waals surface area contributed by atoms with Crippen molar-refractivity contribution in [3.05, 3.63) is 119 Å². The average molecular weight is 731 g/mol. The lowest BCUT2D eigenvalue weighted by atomic mass is 9.73. The number of carbonyl (C=O) groups is 2. The molecule has 0 saturated carbocycles. The van der Waals surface area contributed by atoms with Gasteiger partial charge in [-0.3, -0.25) is 14.2 Å². The first-order chi connectivity index (χ1) is 24.2. The van der Waals surface area contributed by atoms with E-state index in [1.165, 1.54) is 6.07 Å². The number of unbranched alkanes of at least 4 members (excludes halogenated alkanes) is 1. The summed E-state index contributed by atoms with van der Waals surface area (Å²) in [6.45, 7) is -1.95. The molecular weight excluding hydrogens is 697 g/mol. The smallest absolute Gasteiger partial charge is 0.346 e. The Labute approximate surface area is 289 Å². The number of benzene rings is 4. The zero-order valence-corrected chi connectivity index (χ0v) is 27.9. The van der Waals surface area contributed by atoms with E-state index < -0.39 is 55.3 Å². The summed E-state index contributed by atoms with van der Waals surface area (Å²) in [7, 11) is -3.68. The van der Waals surface area contributed by atoms with Crippen LogP contribution in [0.4, 0.5) is 26.3 Å². The van der Waals surface area contributed by atoms with Gasteiger partial charge in [-0.2, -0.15) is 26.3 Å². The summed E-state index contributed by atoms with van der Waals surface area (Å²) in [5.74, 6) is -1.58. The second kappa shape index (κ2) is 14.3. The number of carbonyl (C=O) groups excluding carboxylic acids is 2. The number of alkyl halides is 6. The molecule has 2 aliphatic rings. The second-order valence-corrected chi connectivity index (χ2v) is 14.7. The molecule has 0 aromatic heterocycles. The normalized spacial score (nSPS) is 19.5. The highest BCUT2D eigenvalue weighted by molar-refractivity contribution is 7.53. The van der Waals surface area contributed by atoms with Crippen LogP contribution < -0.4 is 10.6 Å². The van der Waals surface area contributed by atoms with Gasteiger partial charge in [0, 0.05) is 5.56 Å². The summed E-state index contributed by atoms with van der Waals surface area (Å²) < 4.78 is 105. The van der Waals surface area contributed by atoms with Crippen molar-refractivity contribution in [1.29, 1.82) is 0 Å². The van der Waals surface area contributed by atoms with Crippen molar-refractivity contribution in [3.8, 4) is 22.3 Å². The van der Waals surface area contributed by atoms with Crippen molar-refractivity contribution >= 4 is 19.4 Å². The molecule has 268 valence electrons. The molecule has 4 aromatic carbocycles. The van der Waals surface area contributed by atoms with Crippen LogP contribution in [0, 0.1) is 0 Å². The SMILES string of the molecule is O=C(NC1COP(=O)(CCCCC2(C(=O)NCC(F)(F)F)c3ccccc3-c3ccccc32)OC1)c1cc(C(F)(F)F)ccc1-c1ccccc1. The van der Waals surface area contributed by atoms with E-state index in [0.717, 1.165) is 23.3 Å². The molecule has 0 spiro atoms. The van der Waals surface area contributed by atoms with Gasteiger partial charge in [0.1, 0.15) is 12.0 Å². The molecule has 0 atom stereocenters. The Kier molecular flexibility index (Phi) is 10.2. The zero-order valence-electron chi connectivity index (χ0n) is 27.0. The molecule has 7 nitrogen and oxygen atoms in total. The summed E-state index contributed by atoms with van der Waals surface area (Å²) in [6.07, 6.45) is -8.73. The van der Waals surface area contributed by atoms with Gasteiger partial charge in [-0.25, -0.2) is 0 Å². The lowest BCUT2D eigenvalue weighted by Gasteiger charge is -2.32. The van der Waals surface area contributed by atoms with Gasteiger partial charge in [-0.15, -0.1) is 0 Å². The molecule has 2 N–H and O–H groups in total. The van der Waals surface area contributed by atoms with Gasteiger partial charge >= 0.3 is 19.9 Å². The second-order valence-electron chi connectivity index (χ2n) is 12.5. The molecule has 6 rings (SSSR count). The molecule has 1 saturated heterocycles. The van der Waals surface area contributed by atoms with Crippen LogP contribution in [0.15, 0.2) is 97.1 Å². The van der Waals surface area contributed by atoms with E-state index in [0.29, 0.717) is 22.3 Å². The minimum atomic E-state index is -4.68. The van der Waals surface area contributed by atoms with Gasteiger partial charge in [0.2, 0.25) is 5.91 Å². The Hall–Kier alpha value is -4.45. The van der Waals surface area contributed by atoms with E-state index in [4.69, 9.17) is 9.05 Å². The topological polar surface area (TPSA) is 93.7 Å². The van der Waals surface area contributed by atoms with E-state index in [1.807, 2.05) is 12.1 Å². The van der Waals surface area contributed by atoms with E-state index in [9.17, 15) is 40.5 Å². The standard InChI is InChI=1S/C37H33F6N2O5P/c38-36(39,40)23-44-34(47)35(31-14-6-4-12-28(31)29-13-5-7-15-32(29)35)18-8-9-19-51(48)49-21-26(22-50-51)45-33(46)30-20-25(37(41,42)43)16-17-27(30)24-10-2-1-3-11-24/h1-7,10-17,20,26H,8-9,18-19,21-23H2,(H,44,47)(H,45,46). The summed E-state index contributed by atoms with van der Waals surface area (Å²) in [4.78, 5) is 27.0. The Bertz CT molecular complexity index is 1910. The van der Waals surface area contributed by atoms with Crippen LogP contribution in [0.5, 0.6) is 0 Å². The van der Waals surface area contributed by atoms with E-state index in [1.54, 1.807) is 66.7 Å². The first-order valence-corrected chi connectivity index (χ1v) is 17.9. The van der Waals surface area contributed by atoms with Gasteiger partial charge in [-0.05, 0) is 58.4 Å². The first kappa shape index (κ1) is 36.3. The quantitative estimate of drug-likeness (QED) is 0.0970. The summed E-state index contributed by atoms with van der Waals surface area (Å²) in [6, 6.07) is 24.7. The highest BCUT2D eigenvalue weighted by Gasteiger charge is 2.49. The molecule has 14 heteroatoms. The van der Waals surface area contributed by atoms with Crippen LogP contribution in [0.2, 0.25) is 0 Å². The van der Waals surface area contributed by atoms with E-state index in [2.05, 4.69) is 10.6 Å². The van der Waals surface area contributed by atoms with Crippen LogP contribution in [-0.4, -0.2) is 50.0 Å². The lowest BCUT2D eigenvalue weighted by Crippen LogP contribution is -2.47. The highest BCUT2D eigenvalue weighted by Crippen LogP contribution is 2.54. The largest absolute Gasteiger partial charge is 0.416 e. The fourth-order valence-electron chi connectivity index (χ4n) is 6.73. The third kappa shape index (κ3) is 7.75. The van der Waals surface area contributed by atoms with Crippen molar-refractivity contribution in [2.75, 3.05) is 25.9 Å². The molecule has 1 fully saturated rings. The Balaban J connectivity index is 1.11. The third-order valence-corrected chi connectivity index (χ3v) is 11.0. The van der Waals surface area contributed by atoms with Crippen molar-refractivity contribution < 1.29 is 49.5 Å². The summed E-state index contributed by atoms with van der Waals surface area (Å²) >= 11 is 0. The fourth-order valence-corrected chi connectivity index (χ4v) is 8.48.